The van der Waals surface area contributed by atoms with Gasteiger partial charge in [-0.15, -0.1) is 10.2 Å². The van der Waals surface area contributed by atoms with E-state index in [2.05, 4.69) is 20.5 Å². The zero-order valence-corrected chi connectivity index (χ0v) is 18.1. The van der Waals surface area contributed by atoms with Gasteiger partial charge in [0.25, 0.3) is 11.5 Å². The van der Waals surface area contributed by atoms with Crippen LogP contribution in [0, 0.1) is 17.2 Å². The number of carbonyl (C=O) groups is 1. The van der Waals surface area contributed by atoms with Crippen LogP contribution in [0.25, 0.3) is 0 Å². The summed E-state index contributed by atoms with van der Waals surface area (Å²) in [6.07, 6.45) is 3.07. The van der Waals surface area contributed by atoms with Crippen LogP contribution in [0.3, 0.4) is 0 Å². The predicted octanol–water partition coefficient (Wildman–Crippen LogP) is 2.28. The van der Waals surface area contributed by atoms with E-state index in [0.717, 1.165) is 12.8 Å². The standard InChI is InChI=1S/C22H24F2N6O3/c1-13(20(31)27-18-4-5-19(29-28-18)33-12-14-2-3-14)30-7-6-22(23,24)17(11-30)16-8-15(9-25)21(32)26-10-16/h4-5,8,10,13-14,17H,2-3,6-7,11-12H2,1H3,(H,26,32)(H,27,28,31)/t13-,17?/m0/s1. The number of aromatic amines is 1. The highest BCUT2D eigenvalue weighted by Crippen LogP contribution is 2.40. The van der Waals surface area contributed by atoms with Gasteiger partial charge >= 0.3 is 0 Å². The summed E-state index contributed by atoms with van der Waals surface area (Å²) in [5, 5.41) is 19.6. The quantitative estimate of drug-likeness (QED) is 0.652. The Balaban J connectivity index is 1.40. The highest BCUT2D eigenvalue weighted by molar-refractivity contribution is 5.93. The molecule has 1 saturated heterocycles. The largest absolute Gasteiger partial charge is 0.476 e. The monoisotopic (exact) mass is 458 g/mol. The first-order chi connectivity index (χ1) is 15.8. The van der Waals surface area contributed by atoms with Crippen molar-refractivity contribution in [2.75, 3.05) is 25.0 Å². The fourth-order valence-corrected chi connectivity index (χ4v) is 3.76. The van der Waals surface area contributed by atoms with Gasteiger partial charge in [-0.2, -0.15) is 5.26 Å². The smallest absolute Gasteiger partial charge is 0.265 e. The molecule has 2 atom stereocenters. The van der Waals surface area contributed by atoms with E-state index in [1.165, 1.54) is 12.3 Å². The lowest BCUT2D eigenvalue weighted by molar-refractivity contribution is -0.125. The minimum Gasteiger partial charge on any atom is -0.476 e. The van der Waals surface area contributed by atoms with Gasteiger partial charge in [0.1, 0.15) is 11.6 Å². The van der Waals surface area contributed by atoms with E-state index in [4.69, 9.17) is 10.00 Å². The van der Waals surface area contributed by atoms with E-state index >= 15 is 0 Å². The van der Waals surface area contributed by atoms with Crippen LogP contribution in [-0.4, -0.2) is 57.6 Å². The Labute approximate surface area is 188 Å². The fraction of sp³-hybridized carbons (Fsp3) is 0.500. The predicted molar refractivity (Wildman–Crippen MR) is 114 cm³/mol. The third kappa shape index (κ3) is 5.34. The molecule has 0 aromatic carbocycles. The highest BCUT2D eigenvalue weighted by atomic mass is 19.3. The number of halogens is 2. The number of pyridine rings is 1. The Hall–Kier alpha value is -3.39. The van der Waals surface area contributed by atoms with Gasteiger partial charge < -0.3 is 15.0 Å². The number of rotatable bonds is 7. The summed E-state index contributed by atoms with van der Waals surface area (Å²) >= 11 is 0. The molecule has 2 N–H and O–H groups in total. The molecule has 1 aliphatic heterocycles. The number of alkyl halides is 2. The van der Waals surface area contributed by atoms with Gasteiger partial charge in [0.15, 0.2) is 5.82 Å². The van der Waals surface area contributed by atoms with E-state index in [-0.39, 0.29) is 30.0 Å². The van der Waals surface area contributed by atoms with Gasteiger partial charge in [-0.1, -0.05) is 0 Å². The van der Waals surface area contributed by atoms with Crippen molar-refractivity contribution in [1.82, 2.24) is 20.1 Å². The second-order valence-corrected chi connectivity index (χ2v) is 8.52. The Morgan fingerprint density at radius 1 is 1.42 bits per heavy atom. The molecule has 2 fully saturated rings. The number of hydrogen-bond donors (Lipinski definition) is 2. The van der Waals surface area contributed by atoms with Crippen molar-refractivity contribution in [2.45, 2.75) is 44.1 Å². The molecule has 174 valence electrons. The lowest BCUT2D eigenvalue weighted by Gasteiger charge is -2.40. The number of anilines is 1. The maximum atomic E-state index is 14.7. The number of amides is 1. The van der Waals surface area contributed by atoms with Gasteiger partial charge in [0, 0.05) is 31.8 Å². The topological polar surface area (TPSA) is 124 Å². The molecule has 0 spiro atoms. The second-order valence-electron chi connectivity index (χ2n) is 8.52. The third-order valence-corrected chi connectivity index (χ3v) is 6.09. The molecule has 0 radical (unpaired) electrons. The van der Waals surface area contributed by atoms with Crippen molar-refractivity contribution in [3.05, 3.63) is 45.9 Å². The summed E-state index contributed by atoms with van der Waals surface area (Å²) < 4.78 is 34.9. The molecule has 1 unspecified atom stereocenters. The average molecular weight is 458 g/mol. The molecule has 1 amide bonds. The summed E-state index contributed by atoms with van der Waals surface area (Å²) in [7, 11) is 0. The van der Waals surface area contributed by atoms with E-state index in [1.807, 2.05) is 0 Å². The van der Waals surface area contributed by atoms with Gasteiger partial charge in [-0.05, 0) is 43.4 Å². The third-order valence-electron chi connectivity index (χ3n) is 6.09. The maximum Gasteiger partial charge on any atom is 0.265 e. The number of likely N-dealkylation sites (tertiary alicyclic amines) is 1. The number of nitrogens with zero attached hydrogens (tertiary/aromatic N) is 4. The Morgan fingerprint density at radius 2 is 2.21 bits per heavy atom. The minimum absolute atomic E-state index is 0.0200. The first-order valence-corrected chi connectivity index (χ1v) is 10.8. The molecule has 9 nitrogen and oxygen atoms in total. The van der Waals surface area contributed by atoms with E-state index in [9.17, 15) is 18.4 Å². The van der Waals surface area contributed by atoms with E-state index in [0.29, 0.717) is 18.4 Å². The van der Waals surface area contributed by atoms with Gasteiger partial charge in [-0.25, -0.2) is 8.78 Å². The molecule has 11 heteroatoms. The van der Waals surface area contributed by atoms with Gasteiger partial charge in [-0.3, -0.25) is 14.5 Å². The number of H-pyrrole nitrogens is 1. The molecule has 2 aromatic heterocycles. The highest BCUT2D eigenvalue weighted by Gasteiger charge is 2.46. The average Bonchev–Trinajstić information content (AvgIpc) is 3.63. The van der Waals surface area contributed by atoms with Crippen molar-refractivity contribution >= 4 is 11.7 Å². The van der Waals surface area contributed by atoms with Crippen LogP contribution in [0.4, 0.5) is 14.6 Å². The van der Waals surface area contributed by atoms with E-state index in [1.54, 1.807) is 30.0 Å². The summed E-state index contributed by atoms with van der Waals surface area (Å²) in [5.74, 6) is -3.52. The maximum absolute atomic E-state index is 14.7. The number of nitriles is 1. The van der Waals surface area contributed by atoms with Crippen LogP contribution < -0.4 is 15.6 Å². The van der Waals surface area contributed by atoms with Gasteiger partial charge in [0.2, 0.25) is 11.8 Å². The summed E-state index contributed by atoms with van der Waals surface area (Å²) in [4.78, 5) is 28.4. The molecule has 1 aliphatic carbocycles. The molecule has 4 rings (SSSR count). The lowest BCUT2D eigenvalue weighted by Crippen LogP contribution is -2.52. The van der Waals surface area contributed by atoms with Crippen LogP contribution in [0.5, 0.6) is 5.88 Å². The fourth-order valence-electron chi connectivity index (χ4n) is 3.76. The number of nitrogens with one attached hydrogen (secondary N) is 2. The zero-order valence-electron chi connectivity index (χ0n) is 18.1. The SMILES string of the molecule is C[C@@H](C(=O)Nc1ccc(OCC2CC2)nn1)N1CCC(F)(F)C(c2c[nH]c(=O)c(C#N)c2)C1. The molecular formula is C22H24F2N6O3. The molecule has 2 aliphatic rings. The van der Waals surface area contributed by atoms with Crippen molar-refractivity contribution in [3.63, 3.8) is 0 Å². The molecule has 2 aromatic rings. The first kappa shape index (κ1) is 22.8. The Kier molecular flexibility index (Phi) is 6.37. The van der Waals surface area contributed by atoms with Crippen LogP contribution >= 0.6 is 0 Å². The van der Waals surface area contributed by atoms with Gasteiger partial charge in [0.05, 0.1) is 18.6 Å². The van der Waals surface area contributed by atoms with Crippen LogP contribution in [0.2, 0.25) is 0 Å². The Bertz CT molecular complexity index is 1110. The molecule has 1 saturated carbocycles. The first-order valence-electron chi connectivity index (χ1n) is 10.8. The lowest BCUT2D eigenvalue weighted by atomic mass is 9.86. The minimum atomic E-state index is -3.04. The molecule has 0 bridgehead atoms. The van der Waals surface area contributed by atoms with Crippen LogP contribution in [0.1, 0.15) is 43.2 Å². The molecule has 33 heavy (non-hydrogen) atoms. The van der Waals surface area contributed by atoms with Crippen molar-refractivity contribution < 1.29 is 18.3 Å². The number of carbonyl (C=O) groups excluding carboxylic acids is 1. The number of hydrogen-bond acceptors (Lipinski definition) is 7. The number of ether oxygens (including phenoxy) is 1. The van der Waals surface area contributed by atoms with Crippen molar-refractivity contribution in [2.24, 2.45) is 5.92 Å². The van der Waals surface area contributed by atoms with Crippen LogP contribution in [0.15, 0.2) is 29.2 Å². The van der Waals surface area contributed by atoms with Crippen molar-refractivity contribution in [1.29, 1.82) is 5.26 Å². The molecular weight excluding hydrogens is 434 g/mol. The summed E-state index contributed by atoms with van der Waals surface area (Å²) in [6.45, 7) is 2.14. The summed E-state index contributed by atoms with van der Waals surface area (Å²) in [6, 6.07) is 5.39. The Morgan fingerprint density at radius 3 is 2.88 bits per heavy atom. The molecule has 3 heterocycles. The zero-order chi connectivity index (χ0) is 23.6. The normalized spacial score (nSPS) is 21.1. The number of piperidine rings is 1. The van der Waals surface area contributed by atoms with Crippen LogP contribution in [-0.2, 0) is 4.79 Å². The second kappa shape index (κ2) is 9.23. The van der Waals surface area contributed by atoms with E-state index < -0.39 is 35.8 Å². The summed E-state index contributed by atoms with van der Waals surface area (Å²) in [5.41, 5.74) is -0.703. The van der Waals surface area contributed by atoms with Crippen molar-refractivity contribution in [3.8, 4) is 11.9 Å². The number of aromatic nitrogens is 3.